The molecule has 4 aromatic rings. The summed E-state index contributed by atoms with van der Waals surface area (Å²) < 4.78 is 1.80. The molecule has 0 spiro atoms. The molecule has 0 atom stereocenters. The van der Waals surface area contributed by atoms with Gasteiger partial charge in [-0.15, -0.1) is 0 Å². The van der Waals surface area contributed by atoms with Gasteiger partial charge in [0.25, 0.3) is 5.91 Å². The van der Waals surface area contributed by atoms with Gasteiger partial charge >= 0.3 is 0 Å². The van der Waals surface area contributed by atoms with Crippen molar-refractivity contribution >= 4 is 23.0 Å². The van der Waals surface area contributed by atoms with Crippen LogP contribution in [0.15, 0.2) is 91.6 Å². The molecule has 0 unspecified atom stereocenters. The Kier molecular flexibility index (Phi) is 4.61. The number of hydrogen-bond acceptors (Lipinski definition) is 4. The smallest absolute Gasteiger partial charge is 0.257 e. The highest BCUT2D eigenvalue weighted by Crippen LogP contribution is 2.22. The molecule has 6 nitrogen and oxygen atoms in total. The van der Waals surface area contributed by atoms with Gasteiger partial charge in [-0.2, -0.15) is 0 Å². The number of anilines is 3. The third-order valence-electron chi connectivity index (χ3n) is 4.00. The van der Waals surface area contributed by atoms with E-state index in [-0.39, 0.29) is 5.91 Å². The number of aromatic nitrogens is 3. The van der Waals surface area contributed by atoms with Crippen LogP contribution in [-0.2, 0) is 0 Å². The van der Waals surface area contributed by atoms with Crippen LogP contribution in [0, 0.1) is 0 Å². The van der Waals surface area contributed by atoms with E-state index >= 15 is 0 Å². The summed E-state index contributed by atoms with van der Waals surface area (Å²) in [5, 5.41) is 6.17. The van der Waals surface area contributed by atoms with Crippen molar-refractivity contribution in [1.82, 2.24) is 14.5 Å². The van der Waals surface area contributed by atoms with Crippen LogP contribution < -0.4 is 10.6 Å². The number of benzene rings is 2. The number of hydrogen-bond donors (Lipinski definition) is 2. The molecule has 0 radical (unpaired) electrons. The Labute approximate surface area is 156 Å². The van der Waals surface area contributed by atoms with Gasteiger partial charge < -0.3 is 10.6 Å². The quantitative estimate of drug-likeness (QED) is 0.561. The van der Waals surface area contributed by atoms with Crippen LogP contribution in [-0.4, -0.2) is 20.4 Å². The number of carbonyl (C=O) groups is 1. The van der Waals surface area contributed by atoms with Gasteiger partial charge in [0.1, 0.15) is 12.1 Å². The predicted octanol–water partition coefficient (Wildman–Crippen LogP) is 4.26. The van der Waals surface area contributed by atoms with E-state index in [1.54, 1.807) is 29.4 Å². The second-order valence-electron chi connectivity index (χ2n) is 5.87. The van der Waals surface area contributed by atoms with Crippen molar-refractivity contribution < 1.29 is 4.79 Å². The topological polar surface area (TPSA) is 71.8 Å². The maximum Gasteiger partial charge on any atom is 0.257 e. The zero-order valence-corrected chi connectivity index (χ0v) is 14.4. The first-order valence-electron chi connectivity index (χ1n) is 8.46. The minimum atomic E-state index is -0.203. The van der Waals surface area contributed by atoms with Gasteiger partial charge in [0.2, 0.25) is 0 Å². The number of para-hydroxylation sites is 2. The van der Waals surface area contributed by atoms with Crippen LogP contribution in [0.1, 0.15) is 10.4 Å². The van der Waals surface area contributed by atoms with Gasteiger partial charge in [-0.05, 0) is 36.4 Å². The summed E-state index contributed by atoms with van der Waals surface area (Å²) in [7, 11) is 0. The Hall–Kier alpha value is -3.93. The summed E-state index contributed by atoms with van der Waals surface area (Å²) in [6.07, 6.45) is 6.80. The zero-order chi connectivity index (χ0) is 18.5. The van der Waals surface area contributed by atoms with Crippen molar-refractivity contribution in [3.05, 3.63) is 97.2 Å². The van der Waals surface area contributed by atoms with E-state index in [9.17, 15) is 4.79 Å². The summed E-state index contributed by atoms with van der Waals surface area (Å²) >= 11 is 0. The summed E-state index contributed by atoms with van der Waals surface area (Å²) in [5.74, 6) is 0.530. The molecule has 0 saturated heterocycles. The van der Waals surface area contributed by atoms with Gasteiger partial charge in [-0.1, -0.05) is 30.3 Å². The highest BCUT2D eigenvalue weighted by atomic mass is 16.1. The maximum absolute atomic E-state index is 12.7. The van der Waals surface area contributed by atoms with E-state index in [0.717, 1.165) is 17.2 Å². The molecule has 2 aromatic heterocycles. The normalized spacial score (nSPS) is 10.4. The fourth-order valence-corrected chi connectivity index (χ4v) is 2.67. The minimum absolute atomic E-state index is 0.203. The Morgan fingerprint density at radius 1 is 0.889 bits per heavy atom. The first-order valence-corrected chi connectivity index (χ1v) is 8.46. The second kappa shape index (κ2) is 7.53. The monoisotopic (exact) mass is 355 g/mol. The second-order valence-corrected chi connectivity index (χ2v) is 5.87. The highest BCUT2D eigenvalue weighted by Gasteiger charge is 2.12. The fourth-order valence-electron chi connectivity index (χ4n) is 2.67. The average Bonchev–Trinajstić information content (AvgIpc) is 3.25. The Balaban J connectivity index is 1.52. The van der Waals surface area contributed by atoms with Crippen molar-refractivity contribution in [3.8, 4) is 5.82 Å². The summed E-state index contributed by atoms with van der Waals surface area (Å²) in [6, 6.07) is 20.8. The molecular weight excluding hydrogens is 338 g/mol. The third-order valence-corrected chi connectivity index (χ3v) is 4.00. The minimum Gasteiger partial charge on any atom is -0.355 e. The molecule has 0 aliphatic carbocycles. The molecule has 2 aromatic carbocycles. The van der Waals surface area contributed by atoms with Gasteiger partial charge in [-0.25, -0.2) is 9.97 Å². The summed E-state index contributed by atoms with van der Waals surface area (Å²) in [5.41, 5.74) is 2.84. The lowest BCUT2D eigenvalue weighted by Crippen LogP contribution is -2.14. The fraction of sp³-hybridized carbons (Fsp3) is 0. The van der Waals surface area contributed by atoms with E-state index < -0.39 is 0 Å². The van der Waals surface area contributed by atoms with Gasteiger partial charge in [0, 0.05) is 18.1 Å². The Morgan fingerprint density at radius 2 is 1.70 bits per heavy atom. The zero-order valence-electron chi connectivity index (χ0n) is 14.4. The van der Waals surface area contributed by atoms with E-state index in [0.29, 0.717) is 11.3 Å². The number of carbonyl (C=O) groups excluding carboxylic acids is 1. The van der Waals surface area contributed by atoms with E-state index in [4.69, 9.17) is 0 Å². The number of rotatable bonds is 5. The molecule has 4 rings (SSSR count). The SMILES string of the molecule is O=C(Nc1ccc(-n2ccnc2)nc1)c1ccccc1Nc1ccccc1. The summed E-state index contributed by atoms with van der Waals surface area (Å²) in [4.78, 5) is 21.1. The van der Waals surface area contributed by atoms with Crippen LogP contribution in [0.25, 0.3) is 5.82 Å². The number of amides is 1. The number of pyridine rings is 1. The van der Waals surface area contributed by atoms with Crippen LogP contribution >= 0.6 is 0 Å². The van der Waals surface area contributed by atoms with E-state index in [1.165, 1.54) is 0 Å². The lowest BCUT2D eigenvalue weighted by molar-refractivity contribution is 0.102. The lowest BCUT2D eigenvalue weighted by Gasteiger charge is -2.12. The highest BCUT2D eigenvalue weighted by molar-refractivity contribution is 6.08. The van der Waals surface area contributed by atoms with Crippen LogP contribution in [0.4, 0.5) is 17.1 Å². The van der Waals surface area contributed by atoms with Crippen molar-refractivity contribution in [2.24, 2.45) is 0 Å². The predicted molar refractivity (Wildman–Crippen MR) is 105 cm³/mol. The van der Waals surface area contributed by atoms with E-state index in [1.807, 2.05) is 66.9 Å². The van der Waals surface area contributed by atoms with Crippen molar-refractivity contribution in [1.29, 1.82) is 0 Å². The summed E-state index contributed by atoms with van der Waals surface area (Å²) in [6.45, 7) is 0. The molecule has 6 heteroatoms. The number of nitrogens with zero attached hydrogens (tertiary/aromatic N) is 3. The van der Waals surface area contributed by atoms with Gasteiger partial charge in [0.15, 0.2) is 0 Å². The van der Waals surface area contributed by atoms with Crippen LogP contribution in [0.5, 0.6) is 0 Å². The molecule has 0 aliphatic rings. The molecule has 1 amide bonds. The maximum atomic E-state index is 12.7. The molecule has 132 valence electrons. The average molecular weight is 355 g/mol. The Bertz CT molecular complexity index is 1030. The largest absolute Gasteiger partial charge is 0.355 e. The van der Waals surface area contributed by atoms with Crippen LogP contribution in [0.3, 0.4) is 0 Å². The number of nitrogens with one attached hydrogen (secondary N) is 2. The molecule has 2 N–H and O–H groups in total. The molecule has 0 aliphatic heterocycles. The Morgan fingerprint density at radius 3 is 2.44 bits per heavy atom. The molecule has 2 heterocycles. The molecule has 27 heavy (non-hydrogen) atoms. The molecule has 0 fully saturated rings. The van der Waals surface area contributed by atoms with Crippen molar-refractivity contribution in [3.63, 3.8) is 0 Å². The molecule has 0 saturated carbocycles. The first-order chi connectivity index (χ1) is 13.3. The van der Waals surface area contributed by atoms with Gasteiger partial charge in [-0.3, -0.25) is 9.36 Å². The molecular formula is C21H17N5O. The van der Waals surface area contributed by atoms with Crippen molar-refractivity contribution in [2.45, 2.75) is 0 Å². The van der Waals surface area contributed by atoms with Crippen molar-refractivity contribution in [2.75, 3.05) is 10.6 Å². The van der Waals surface area contributed by atoms with E-state index in [2.05, 4.69) is 20.6 Å². The van der Waals surface area contributed by atoms with Crippen LogP contribution in [0.2, 0.25) is 0 Å². The third kappa shape index (κ3) is 3.85. The lowest BCUT2D eigenvalue weighted by atomic mass is 10.1. The standard InChI is InChI=1S/C21H17N5O/c27-21(25-17-10-11-20(23-14-17)26-13-12-22-15-26)18-8-4-5-9-19(18)24-16-6-2-1-3-7-16/h1-15,24H,(H,25,27). The first kappa shape index (κ1) is 16.5. The van der Waals surface area contributed by atoms with Gasteiger partial charge in [0.05, 0.1) is 23.1 Å². The molecule has 0 bridgehead atoms. The number of imidazole rings is 1.